The third-order valence-electron chi connectivity index (χ3n) is 3.46. The Bertz CT molecular complexity index is 864. The molecule has 2 rings (SSSR count). The molecule has 0 atom stereocenters. The molecule has 2 aromatic rings. The van der Waals surface area contributed by atoms with Gasteiger partial charge in [-0.25, -0.2) is 0 Å². The second-order valence-corrected chi connectivity index (χ2v) is 5.84. The van der Waals surface area contributed by atoms with Crippen LogP contribution in [0.1, 0.15) is 18.1 Å². The highest BCUT2D eigenvalue weighted by Crippen LogP contribution is 2.29. The van der Waals surface area contributed by atoms with Crippen molar-refractivity contribution in [1.29, 1.82) is 0 Å². The summed E-state index contributed by atoms with van der Waals surface area (Å²) in [6.07, 6.45) is -4.89. The van der Waals surface area contributed by atoms with Gasteiger partial charge in [0.25, 0.3) is 5.91 Å². The van der Waals surface area contributed by atoms with E-state index in [0.29, 0.717) is 11.4 Å². The molecular formula is C19H17F3N2O4. The lowest BCUT2D eigenvalue weighted by molar-refractivity contribution is -0.146. The van der Waals surface area contributed by atoms with Crippen LogP contribution in [-0.2, 0) is 31.7 Å². The first kappa shape index (κ1) is 20.9. The van der Waals surface area contributed by atoms with Gasteiger partial charge in [-0.2, -0.15) is 13.2 Å². The van der Waals surface area contributed by atoms with E-state index in [1.165, 1.54) is 19.1 Å². The average Bonchev–Trinajstić information content (AvgIpc) is 2.61. The largest absolute Gasteiger partial charge is 0.455 e. The number of carbonyl (C=O) groups is 3. The second kappa shape index (κ2) is 9.03. The highest BCUT2D eigenvalue weighted by Gasteiger charge is 2.30. The third-order valence-corrected chi connectivity index (χ3v) is 3.46. The summed E-state index contributed by atoms with van der Waals surface area (Å²) in [5.74, 6) is -1.66. The number of benzene rings is 2. The number of nitrogens with one attached hydrogen (secondary N) is 2. The van der Waals surface area contributed by atoms with Gasteiger partial charge < -0.3 is 15.4 Å². The van der Waals surface area contributed by atoms with Crippen molar-refractivity contribution >= 4 is 29.2 Å². The zero-order valence-corrected chi connectivity index (χ0v) is 14.8. The molecule has 0 aliphatic rings. The van der Waals surface area contributed by atoms with Crippen LogP contribution >= 0.6 is 0 Å². The number of alkyl halides is 3. The number of anilines is 2. The lowest BCUT2D eigenvalue weighted by Crippen LogP contribution is -2.21. The quantitative estimate of drug-likeness (QED) is 0.736. The van der Waals surface area contributed by atoms with Crippen molar-refractivity contribution in [1.82, 2.24) is 0 Å². The highest BCUT2D eigenvalue weighted by molar-refractivity contribution is 5.93. The fraction of sp³-hybridized carbons (Fsp3) is 0.211. The second-order valence-electron chi connectivity index (χ2n) is 5.84. The number of rotatable bonds is 6. The maximum absolute atomic E-state index is 12.7. The SMILES string of the molecule is CC(=O)Nc1ccc(NC(=O)COC(=O)Cc2cccc(C(F)(F)F)c2)cc1. The molecule has 6 nitrogen and oxygen atoms in total. The molecule has 2 aromatic carbocycles. The topological polar surface area (TPSA) is 84.5 Å². The molecule has 2 amide bonds. The number of halogens is 3. The van der Waals surface area contributed by atoms with E-state index in [1.807, 2.05) is 0 Å². The van der Waals surface area contributed by atoms with E-state index < -0.39 is 30.2 Å². The smallest absolute Gasteiger partial charge is 0.416 e. The monoisotopic (exact) mass is 394 g/mol. The van der Waals surface area contributed by atoms with Crippen LogP contribution in [0.25, 0.3) is 0 Å². The van der Waals surface area contributed by atoms with Gasteiger partial charge in [-0.1, -0.05) is 18.2 Å². The first-order valence-corrected chi connectivity index (χ1v) is 8.13. The Balaban J connectivity index is 1.82. The van der Waals surface area contributed by atoms with E-state index in [1.54, 1.807) is 24.3 Å². The molecule has 0 aromatic heterocycles. The van der Waals surface area contributed by atoms with E-state index in [0.717, 1.165) is 12.1 Å². The normalized spacial score (nSPS) is 10.9. The van der Waals surface area contributed by atoms with Crippen molar-refractivity contribution in [3.05, 3.63) is 59.7 Å². The Morgan fingerprint density at radius 1 is 0.964 bits per heavy atom. The number of hydrogen-bond acceptors (Lipinski definition) is 4. The molecule has 0 unspecified atom stereocenters. The summed E-state index contributed by atoms with van der Waals surface area (Å²) in [5, 5.41) is 5.06. The van der Waals surface area contributed by atoms with Gasteiger partial charge in [-0.05, 0) is 35.9 Å². The van der Waals surface area contributed by atoms with E-state index in [2.05, 4.69) is 10.6 Å². The molecule has 0 bridgehead atoms. The van der Waals surface area contributed by atoms with Gasteiger partial charge in [-0.15, -0.1) is 0 Å². The summed E-state index contributed by atoms with van der Waals surface area (Å²) < 4.78 is 42.8. The summed E-state index contributed by atoms with van der Waals surface area (Å²) in [4.78, 5) is 34.5. The molecule has 9 heteroatoms. The number of amides is 2. The van der Waals surface area contributed by atoms with Gasteiger partial charge in [-0.3, -0.25) is 14.4 Å². The molecule has 0 aliphatic carbocycles. The van der Waals surface area contributed by atoms with Crippen LogP contribution in [0.15, 0.2) is 48.5 Å². The lowest BCUT2D eigenvalue weighted by Gasteiger charge is -2.09. The molecule has 2 N–H and O–H groups in total. The van der Waals surface area contributed by atoms with Gasteiger partial charge in [0.1, 0.15) is 0 Å². The van der Waals surface area contributed by atoms with Crippen LogP contribution in [-0.4, -0.2) is 24.4 Å². The number of ether oxygens (including phenoxy) is 1. The fourth-order valence-electron chi connectivity index (χ4n) is 2.26. The maximum Gasteiger partial charge on any atom is 0.416 e. The van der Waals surface area contributed by atoms with E-state index in [9.17, 15) is 27.6 Å². The van der Waals surface area contributed by atoms with Crippen LogP contribution in [0.4, 0.5) is 24.5 Å². The first-order chi connectivity index (χ1) is 13.1. The van der Waals surface area contributed by atoms with Gasteiger partial charge >= 0.3 is 12.1 Å². The minimum atomic E-state index is -4.50. The summed E-state index contributed by atoms with van der Waals surface area (Å²) in [7, 11) is 0. The predicted molar refractivity (Wildman–Crippen MR) is 95.5 cm³/mol. The van der Waals surface area contributed by atoms with Gasteiger partial charge in [0.15, 0.2) is 6.61 Å². The van der Waals surface area contributed by atoms with Crippen molar-refractivity contribution in [2.45, 2.75) is 19.5 Å². The molecule has 0 radical (unpaired) electrons. The minimum Gasteiger partial charge on any atom is -0.455 e. The first-order valence-electron chi connectivity index (χ1n) is 8.13. The van der Waals surface area contributed by atoms with Gasteiger partial charge in [0, 0.05) is 18.3 Å². The van der Waals surface area contributed by atoms with Crippen LogP contribution in [0.5, 0.6) is 0 Å². The van der Waals surface area contributed by atoms with Crippen molar-refractivity contribution < 1.29 is 32.3 Å². The predicted octanol–water partition coefficient (Wildman–Crippen LogP) is 3.39. The summed E-state index contributed by atoms with van der Waals surface area (Å²) >= 11 is 0. The van der Waals surface area contributed by atoms with Crippen LogP contribution < -0.4 is 10.6 Å². The van der Waals surface area contributed by atoms with Gasteiger partial charge in [0.05, 0.1) is 12.0 Å². The van der Waals surface area contributed by atoms with Crippen molar-refractivity contribution in [3.63, 3.8) is 0 Å². The molecule has 148 valence electrons. The maximum atomic E-state index is 12.7. The van der Waals surface area contributed by atoms with Crippen LogP contribution in [0.3, 0.4) is 0 Å². The zero-order chi connectivity index (χ0) is 20.7. The molecule has 0 fully saturated rings. The molecule has 0 saturated heterocycles. The summed E-state index contributed by atoms with van der Waals surface area (Å²) in [6, 6.07) is 10.6. The number of esters is 1. The molecule has 28 heavy (non-hydrogen) atoms. The highest BCUT2D eigenvalue weighted by atomic mass is 19.4. The fourth-order valence-corrected chi connectivity index (χ4v) is 2.26. The van der Waals surface area contributed by atoms with Crippen molar-refractivity contribution in [2.75, 3.05) is 17.2 Å². The van der Waals surface area contributed by atoms with E-state index >= 15 is 0 Å². The molecule has 0 aliphatic heterocycles. The molecular weight excluding hydrogens is 377 g/mol. The Morgan fingerprint density at radius 2 is 1.57 bits per heavy atom. The van der Waals surface area contributed by atoms with Gasteiger partial charge in [0.2, 0.25) is 5.91 Å². The van der Waals surface area contributed by atoms with E-state index in [4.69, 9.17) is 4.74 Å². The van der Waals surface area contributed by atoms with E-state index in [-0.39, 0.29) is 17.9 Å². The lowest BCUT2D eigenvalue weighted by atomic mass is 10.1. The number of carbonyl (C=O) groups excluding carboxylic acids is 3. The van der Waals surface area contributed by atoms with Crippen molar-refractivity contribution in [3.8, 4) is 0 Å². The Labute approximate surface area is 158 Å². The summed E-state index contributed by atoms with van der Waals surface area (Å²) in [5.41, 5.74) is 0.248. The number of hydrogen-bond donors (Lipinski definition) is 2. The Hall–Kier alpha value is -3.36. The average molecular weight is 394 g/mol. The zero-order valence-electron chi connectivity index (χ0n) is 14.8. The van der Waals surface area contributed by atoms with Crippen LogP contribution in [0.2, 0.25) is 0 Å². The minimum absolute atomic E-state index is 0.133. The Kier molecular flexibility index (Phi) is 6.75. The third kappa shape index (κ3) is 6.75. The molecule has 0 saturated carbocycles. The summed E-state index contributed by atoms with van der Waals surface area (Å²) in [6.45, 7) is 0.786. The molecule has 0 spiro atoms. The van der Waals surface area contributed by atoms with Crippen LogP contribution in [0, 0.1) is 0 Å². The molecule has 0 heterocycles. The standard InChI is InChI=1S/C19H17F3N2O4/c1-12(25)23-15-5-7-16(8-6-15)24-17(26)11-28-18(27)10-13-3-2-4-14(9-13)19(20,21)22/h2-9H,10-11H2,1H3,(H,23,25)(H,24,26). The van der Waals surface area contributed by atoms with Crippen molar-refractivity contribution in [2.24, 2.45) is 0 Å². The Morgan fingerprint density at radius 3 is 2.14 bits per heavy atom.